The van der Waals surface area contributed by atoms with Crippen molar-refractivity contribution in [3.63, 3.8) is 0 Å². The SMILES string of the molecule is CCCC(C(=O)OCC)C(O)(CC)CC. The summed E-state index contributed by atoms with van der Waals surface area (Å²) in [6.07, 6.45) is 2.75. The minimum absolute atomic E-state index is 0.259. The summed E-state index contributed by atoms with van der Waals surface area (Å²) in [7, 11) is 0. The molecule has 0 aromatic carbocycles. The van der Waals surface area contributed by atoms with E-state index < -0.39 is 5.60 Å². The van der Waals surface area contributed by atoms with Crippen LogP contribution in [-0.2, 0) is 9.53 Å². The third kappa shape index (κ3) is 3.82. The zero-order chi connectivity index (χ0) is 11.9. The van der Waals surface area contributed by atoms with Gasteiger partial charge in [-0.15, -0.1) is 0 Å². The van der Waals surface area contributed by atoms with E-state index in [2.05, 4.69) is 0 Å². The van der Waals surface area contributed by atoms with Gasteiger partial charge in [0, 0.05) is 0 Å². The van der Waals surface area contributed by atoms with Gasteiger partial charge in [0.15, 0.2) is 0 Å². The first kappa shape index (κ1) is 14.4. The number of esters is 1. The number of carbonyl (C=O) groups excluding carboxylic acids is 1. The summed E-state index contributed by atoms with van der Waals surface area (Å²) < 4.78 is 5.01. The van der Waals surface area contributed by atoms with E-state index in [1.54, 1.807) is 6.92 Å². The first-order valence-corrected chi connectivity index (χ1v) is 5.94. The fourth-order valence-corrected chi connectivity index (χ4v) is 1.88. The van der Waals surface area contributed by atoms with Gasteiger partial charge < -0.3 is 9.84 Å². The van der Waals surface area contributed by atoms with Crippen LogP contribution >= 0.6 is 0 Å². The Bertz CT molecular complexity index is 185. The first-order chi connectivity index (χ1) is 7.05. The Kier molecular flexibility index (Phi) is 6.57. The molecule has 90 valence electrons. The number of carbonyl (C=O) groups is 1. The second kappa shape index (κ2) is 6.83. The quantitative estimate of drug-likeness (QED) is 0.665. The smallest absolute Gasteiger partial charge is 0.311 e. The van der Waals surface area contributed by atoms with Crippen LogP contribution in [-0.4, -0.2) is 23.3 Å². The Hall–Kier alpha value is -0.570. The molecule has 0 heterocycles. The average Bonchev–Trinajstić information content (AvgIpc) is 2.25. The molecule has 1 N–H and O–H groups in total. The third-order valence-corrected chi connectivity index (χ3v) is 3.02. The number of rotatable bonds is 7. The highest BCUT2D eigenvalue weighted by molar-refractivity contribution is 5.73. The predicted molar refractivity (Wildman–Crippen MR) is 60.6 cm³/mol. The molecular formula is C12H24O3. The van der Waals surface area contributed by atoms with Crippen molar-refractivity contribution >= 4 is 5.97 Å². The zero-order valence-electron chi connectivity index (χ0n) is 10.4. The van der Waals surface area contributed by atoms with Gasteiger partial charge in [0.2, 0.25) is 0 Å². The van der Waals surface area contributed by atoms with Gasteiger partial charge in [0.05, 0.1) is 18.1 Å². The Morgan fingerprint density at radius 1 is 1.27 bits per heavy atom. The molecule has 0 radical (unpaired) electrons. The Morgan fingerprint density at radius 2 is 1.80 bits per heavy atom. The van der Waals surface area contributed by atoms with Gasteiger partial charge in [-0.3, -0.25) is 4.79 Å². The second-order valence-corrected chi connectivity index (χ2v) is 3.90. The van der Waals surface area contributed by atoms with E-state index in [1.165, 1.54) is 0 Å². The van der Waals surface area contributed by atoms with Gasteiger partial charge >= 0.3 is 5.97 Å². The van der Waals surface area contributed by atoms with E-state index in [1.807, 2.05) is 20.8 Å². The number of hydrogen-bond donors (Lipinski definition) is 1. The van der Waals surface area contributed by atoms with Crippen molar-refractivity contribution in [3.8, 4) is 0 Å². The Balaban J connectivity index is 4.68. The van der Waals surface area contributed by atoms with E-state index in [0.29, 0.717) is 25.9 Å². The summed E-state index contributed by atoms with van der Waals surface area (Å²) in [6.45, 7) is 8.00. The van der Waals surface area contributed by atoms with E-state index in [0.717, 1.165) is 6.42 Å². The minimum Gasteiger partial charge on any atom is -0.466 e. The molecule has 0 bridgehead atoms. The topological polar surface area (TPSA) is 46.5 Å². The van der Waals surface area contributed by atoms with Crippen molar-refractivity contribution in [2.24, 2.45) is 5.92 Å². The molecule has 15 heavy (non-hydrogen) atoms. The molecule has 0 spiro atoms. The summed E-state index contributed by atoms with van der Waals surface area (Å²) in [5.74, 6) is -0.636. The lowest BCUT2D eigenvalue weighted by atomic mass is 9.80. The lowest BCUT2D eigenvalue weighted by Crippen LogP contribution is -2.42. The van der Waals surface area contributed by atoms with E-state index in [4.69, 9.17) is 4.74 Å². The molecule has 0 fully saturated rings. The third-order valence-electron chi connectivity index (χ3n) is 3.02. The molecule has 0 rings (SSSR count). The van der Waals surface area contributed by atoms with Crippen LogP contribution in [0, 0.1) is 5.92 Å². The van der Waals surface area contributed by atoms with Crippen LogP contribution in [0.15, 0.2) is 0 Å². The molecule has 1 atom stereocenters. The van der Waals surface area contributed by atoms with Gasteiger partial charge in [0.1, 0.15) is 0 Å². The van der Waals surface area contributed by atoms with Gasteiger partial charge in [-0.25, -0.2) is 0 Å². The van der Waals surface area contributed by atoms with Crippen molar-refractivity contribution in [3.05, 3.63) is 0 Å². The first-order valence-electron chi connectivity index (χ1n) is 5.94. The van der Waals surface area contributed by atoms with Gasteiger partial charge in [-0.05, 0) is 26.2 Å². The van der Waals surface area contributed by atoms with Crippen molar-refractivity contribution < 1.29 is 14.6 Å². The van der Waals surface area contributed by atoms with Crippen LogP contribution in [0.2, 0.25) is 0 Å². The summed E-state index contributed by atoms with van der Waals surface area (Å²) >= 11 is 0. The molecule has 0 saturated carbocycles. The van der Waals surface area contributed by atoms with E-state index in [9.17, 15) is 9.90 Å². The molecule has 1 unspecified atom stereocenters. The summed E-state index contributed by atoms with van der Waals surface area (Å²) in [5, 5.41) is 10.3. The maximum absolute atomic E-state index is 11.7. The molecule has 3 nitrogen and oxygen atoms in total. The maximum atomic E-state index is 11.7. The molecule has 0 aromatic heterocycles. The van der Waals surface area contributed by atoms with Crippen molar-refractivity contribution in [1.82, 2.24) is 0 Å². The minimum atomic E-state index is -0.901. The monoisotopic (exact) mass is 216 g/mol. The van der Waals surface area contributed by atoms with E-state index >= 15 is 0 Å². The van der Waals surface area contributed by atoms with Crippen LogP contribution in [0.3, 0.4) is 0 Å². The molecular weight excluding hydrogens is 192 g/mol. The fraction of sp³-hybridized carbons (Fsp3) is 0.917. The molecule has 0 saturated heterocycles. The van der Waals surface area contributed by atoms with Gasteiger partial charge in [0.25, 0.3) is 0 Å². The summed E-state index contributed by atoms with van der Waals surface area (Å²) in [5.41, 5.74) is -0.901. The number of aliphatic hydroxyl groups is 1. The standard InChI is InChI=1S/C12H24O3/c1-5-9-10(11(13)15-8-4)12(14,6-2)7-3/h10,14H,5-9H2,1-4H3. The lowest BCUT2D eigenvalue weighted by Gasteiger charge is -2.32. The van der Waals surface area contributed by atoms with Crippen LogP contribution in [0.4, 0.5) is 0 Å². The highest BCUT2D eigenvalue weighted by Crippen LogP contribution is 2.30. The molecule has 3 heteroatoms. The van der Waals surface area contributed by atoms with Gasteiger partial charge in [-0.1, -0.05) is 27.2 Å². The van der Waals surface area contributed by atoms with Crippen molar-refractivity contribution in [2.45, 2.75) is 59.0 Å². The van der Waals surface area contributed by atoms with Gasteiger partial charge in [-0.2, -0.15) is 0 Å². The Labute approximate surface area is 92.8 Å². The second-order valence-electron chi connectivity index (χ2n) is 3.90. The number of ether oxygens (including phenoxy) is 1. The summed E-state index contributed by atoms with van der Waals surface area (Å²) in [6, 6.07) is 0. The zero-order valence-corrected chi connectivity index (χ0v) is 10.4. The normalized spacial score (nSPS) is 13.7. The highest BCUT2D eigenvalue weighted by atomic mass is 16.5. The van der Waals surface area contributed by atoms with Crippen LogP contribution in [0.25, 0.3) is 0 Å². The fourth-order valence-electron chi connectivity index (χ4n) is 1.88. The van der Waals surface area contributed by atoms with Crippen molar-refractivity contribution in [2.75, 3.05) is 6.61 Å². The lowest BCUT2D eigenvalue weighted by molar-refractivity contribution is -0.159. The number of hydrogen-bond acceptors (Lipinski definition) is 3. The summed E-state index contributed by atoms with van der Waals surface area (Å²) in [4.78, 5) is 11.7. The van der Waals surface area contributed by atoms with Crippen LogP contribution < -0.4 is 0 Å². The average molecular weight is 216 g/mol. The molecule has 0 amide bonds. The molecule has 0 aliphatic heterocycles. The highest BCUT2D eigenvalue weighted by Gasteiger charge is 2.38. The molecule has 0 aromatic rings. The molecule has 0 aliphatic carbocycles. The van der Waals surface area contributed by atoms with Crippen molar-refractivity contribution in [1.29, 1.82) is 0 Å². The maximum Gasteiger partial charge on any atom is 0.311 e. The largest absolute Gasteiger partial charge is 0.466 e. The molecule has 0 aliphatic rings. The van der Waals surface area contributed by atoms with Crippen LogP contribution in [0.1, 0.15) is 53.4 Å². The Morgan fingerprint density at radius 3 is 2.13 bits per heavy atom. The van der Waals surface area contributed by atoms with E-state index in [-0.39, 0.29) is 11.9 Å². The predicted octanol–water partition coefficient (Wildman–Crippen LogP) is 2.52. The van der Waals surface area contributed by atoms with Crippen LogP contribution in [0.5, 0.6) is 0 Å².